The van der Waals surface area contributed by atoms with Gasteiger partial charge in [0.1, 0.15) is 5.82 Å². The Labute approximate surface area is 145 Å². The molecule has 1 aromatic heterocycles. The Morgan fingerprint density at radius 2 is 1.84 bits per heavy atom. The zero-order valence-electron chi connectivity index (χ0n) is 13.8. The van der Waals surface area contributed by atoms with Crippen molar-refractivity contribution in [1.29, 1.82) is 0 Å². The molecule has 1 amide bonds. The number of hydrogen-bond donors (Lipinski definition) is 1. The van der Waals surface area contributed by atoms with Gasteiger partial charge in [0.2, 0.25) is 10.0 Å². The average molecular weight is 366 g/mol. The number of likely N-dealkylation sites (tertiary alicyclic amines) is 1. The van der Waals surface area contributed by atoms with Gasteiger partial charge in [-0.05, 0) is 25.8 Å². The number of benzene rings is 1. The van der Waals surface area contributed by atoms with Crippen molar-refractivity contribution in [2.24, 2.45) is 0 Å². The number of sulfonamides is 1. The Balaban J connectivity index is 1.72. The number of amides is 1. The number of carbonyl (C=O) groups is 1. The topological polar surface area (TPSA) is 92.3 Å². The van der Waals surface area contributed by atoms with Crippen molar-refractivity contribution in [3.63, 3.8) is 0 Å². The molecule has 1 aliphatic rings. The van der Waals surface area contributed by atoms with Crippen LogP contribution in [-0.4, -0.2) is 54.1 Å². The standard InChI is InChI=1S/C16H19FN4O3S/c1-2-25(23,24)20-11-3-7-21(8-4-11)16(22)12-9-14-15(10-13(12)17)19-6-5-18-14/h5-6,9-11,20H,2-4,7-8H2,1H3. The third kappa shape index (κ3) is 3.93. The molecule has 1 aliphatic heterocycles. The Morgan fingerprint density at radius 3 is 2.44 bits per heavy atom. The van der Waals surface area contributed by atoms with E-state index in [2.05, 4.69) is 14.7 Å². The summed E-state index contributed by atoms with van der Waals surface area (Å²) in [6, 6.07) is 2.42. The molecule has 0 spiro atoms. The van der Waals surface area contributed by atoms with Crippen molar-refractivity contribution in [2.75, 3.05) is 18.8 Å². The Morgan fingerprint density at radius 1 is 1.24 bits per heavy atom. The SMILES string of the molecule is CCS(=O)(=O)NC1CCN(C(=O)c2cc3nccnc3cc2F)CC1. The van der Waals surface area contributed by atoms with Gasteiger partial charge in [-0.15, -0.1) is 0 Å². The fourth-order valence-corrected chi connectivity index (χ4v) is 3.77. The number of rotatable bonds is 4. The predicted molar refractivity (Wildman–Crippen MR) is 91.0 cm³/mol. The molecule has 25 heavy (non-hydrogen) atoms. The van der Waals surface area contributed by atoms with Crippen LogP contribution in [0.15, 0.2) is 24.5 Å². The molecule has 1 saturated heterocycles. The molecule has 0 saturated carbocycles. The number of nitrogens with zero attached hydrogens (tertiary/aromatic N) is 3. The molecule has 2 heterocycles. The van der Waals surface area contributed by atoms with E-state index in [1.165, 1.54) is 29.4 Å². The minimum atomic E-state index is -3.27. The zero-order valence-corrected chi connectivity index (χ0v) is 14.6. The summed E-state index contributed by atoms with van der Waals surface area (Å²) in [5.74, 6) is -1.02. The van der Waals surface area contributed by atoms with E-state index in [1.54, 1.807) is 6.92 Å². The van der Waals surface area contributed by atoms with E-state index in [0.29, 0.717) is 37.0 Å². The fraction of sp³-hybridized carbons (Fsp3) is 0.438. The highest BCUT2D eigenvalue weighted by Crippen LogP contribution is 2.20. The van der Waals surface area contributed by atoms with Crippen LogP contribution in [0.2, 0.25) is 0 Å². The van der Waals surface area contributed by atoms with Crippen LogP contribution < -0.4 is 4.72 Å². The molecule has 0 radical (unpaired) electrons. The Kier molecular flexibility index (Phi) is 4.96. The maximum absolute atomic E-state index is 14.3. The molecule has 134 valence electrons. The van der Waals surface area contributed by atoms with E-state index in [4.69, 9.17) is 0 Å². The van der Waals surface area contributed by atoms with Crippen molar-refractivity contribution in [2.45, 2.75) is 25.8 Å². The van der Waals surface area contributed by atoms with Crippen LogP contribution in [0.3, 0.4) is 0 Å². The number of hydrogen-bond acceptors (Lipinski definition) is 5. The number of halogens is 1. The summed E-state index contributed by atoms with van der Waals surface area (Å²) in [6.07, 6.45) is 3.95. The number of fused-ring (bicyclic) bond motifs is 1. The molecule has 1 fully saturated rings. The van der Waals surface area contributed by atoms with Crippen LogP contribution >= 0.6 is 0 Å². The van der Waals surface area contributed by atoms with E-state index in [9.17, 15) is 17.6 Å². The van der Waals surface area contributed by atoms with Gasteiger partial charge in [0.05, 0.1) is 22.3 Å². The second-order valence-electron chi connectivity index (χ2n) is 5.96. The Bertz CT molecular complexity index is 895. The second-order valence-corrected chi connectivity index (χ2v) is 8.01. The highest BCUT2D eigenvalue weighted by molar-refractivity contribution is 7.89. The van der Waals surface area contributed by atoms with E-state index < -0.39 is 21.7 Å². The largest absolute Gasteiger partial charge is 0.338 e. The van der Waals surface area contributed by atoms with Crippen molar-refractivity contribution >= 4 is 27.0 Å². The zero-order chi connectivity index (χ0) is 18.0. The molecule has 0 atom stereocenters. The first kappa shape index (κ1) is 17.7. The average Bonchev–Trinajstić information content (AvgIpc) is 2.61. The monoisotopic (exact) mass is 366 g/mol. The smallest absolute Gasteiger partial charge is 0.256 e. The van der Waals surface area contributed by atoms with Crippen LogP contribution in [0.4, 0.5) is 4.39 Å². The van der Waals surface area contributed by atoms with Crippen molar-refractivity contribution in [1.82, 2.24) is 19.6 Å². The van der Waals surface area contributed by atoms with E-state index >= 15 is 0 Å². The number of nitrogens with one attached hydrogen (secondary N) is 1. The van der Waals surface area contributed by atoms with Crippen LogP contribution in [0.25, 0.3) is 11.0 Å². The first-order valence-corrected chi connectivity index (χ1v) is 9.74. The van der Waals surface area contributed by atoms with Crippen molar-refractivity contribution in [3.8, 4) is 0 Å². The van der Waals surface area contributed by atoms with Gasteiger partial charge in [-0.1, -0.05) is 0 Å². The second kappa shape index (κ2) is 7.01. The molecule has 0 aliphatic carbocycles. The summed E-state index contributed by atoms with van der Waals surface area (Å²) in [7, 11) is -3.27. The molecule has 1 N–H and O–H groups in total. The van der Waals surface area contributed by atoms with Crippen LogP contribution in [0, 0.1) is 5.82 Å². The molecule has 0 bridgehead atoms. The molecular weight excluding hydrogens is 347 g/mol. The van der Waals surface area contributed by atoms with Crippen LogP contribution in [-0.2, 0) is 10.0 Å². The summed E-state index contributed by atoms with van der Waals surface area (Å²) in [4.78, 5) is 22.3. The number of aromatic nitrogens is 2. The van der Waals surface area contributed by atoms with Gasteiger partial charge in [0.25, 0.3) is 5.91 Å². The van der Waals surface area contributed by atoms with Gasteiger partial charge >= 0.3 is 0 Å². The molecular formula is C16H19FN4O3S. The lowest BCUT2D eigenvalue weighted by molar-refractivity contribution is 0.0707. The third-order valence-electron chi connectivity index (χ3n) is 4.30. The first-order valence-electron chi connectivity index (χ1n) is 8.09. The summed E-state index contributed by atoms with van der Waals surface area (Å²) in [5, 5.41) is 0. The van der Waals surface area contributed by atoms with Gasteiger partial charge in [-0.25, -0.2) is 17.5 Å². The van der Waals surface area contributed by atoms with Gasteiger partial charge in [-0.2, -0.15) is 0 Å². The first-order chi connectivity index (χ1) is 11.9. The van der Waals surface area contributed by atoms with E-state index in [-0.39, 0.29) is 17.4 Å². The van der Waals surface area contributed by atoms with Gasteiger partial charge in [0, 0.05) is 37.6 Å². The van der Waals surface area contributed by atoms with E-state index in [1.807, 2.05) is 0 Å². The lowest BCUT2D eigenvalue weighted by atomic mass is 10.0. The summed E-state index contributed by atoms with van der Waals surface area (Å²) >= 11 is 0. The molecule has 7 nitrogen and oxygen atoms in total. The fourth-order valence-electron chi connectivity index (χ4n) is 2.86. The molecule has 9 heteroatoms. The maximum Gasteiger partial charge on any atom is 0.256 e. The highest BCUT2D eigenvalue weighted by atomic mass is 32.2. The molecule has 1 aromatic carbocycles. The summed E-state index contributed by atoms with van der Waals surface area (Å²) in [5.41, 5.74) is 0.808. The van der Waals surface area contributed by atoms with Crippen molar-refractivity contribution < 1.29 is 17.6 Å². The Hall–Kier alpha value is -2.13. The molecule has 0 unspecified atom stereocenters. The third-order valence-corrected chi connectivity index (χ3v) is 5.75. The molecule has 2 aromatic rings. The maximum atomic E-state index is 14.3. The lowest BCUT2D eigenvalue weighted by Gasteiger charge is -2.32. The summed E-state index contributed by atoms with van der Waals surface area (Å²) in [6.45, 7) is 2.31. The van der Waals surface area contributed by atoms with Gasteiger partial charge in [-0.3, -0.25) is 14.8 Å². The minimum absolute atomic E-state index is 0.0233. The van der Waals surface area contributed by atoms with Crippen LogP contribution in [0.5, 0.6) is 0 Å². The van der Waals surface area contributed by atoms with E-state index in [0.717, 1.165) is 0 Å². The number of piperidine rings is 1. The van der Waals surface area contributed by atoms with Crippen molar-refractivity contribution in [3.05, 3.63) is 35.9 Å². The minimum Gasteiger partial charge on any atom is -0.338 e. The molecule has 3 rings (SSSR count). The normalized spacial score (nSPS) is 16.3. The van der Waals surface area contributed by atoms with Crippen LogP contribution in [0.1, 0.15) is 30.1 Å². The van der Waals surface area contributed by atoms with Gasteiger partial charge in [0.15, 0.2) is 0 Å². The van der Waals surface area contributed by atoms with Gasteiger partial charge < -0.3 is 4.90 Å². The lowest BCUT2D eigenvalue weighted by Crippen LogP contribution is -2.47. The predicted octanol–water partition coefficient (Wildman–Crippen LogP) is 1.31. The summed E-state index contributed by atoms with van der Waals surface area (Å²) < 4.78 is 40.1. The highest BCUT2D eigenvalue weighted by Gasteiger charge is 2.27. The number of carbonyl (C=O) groups excluding carboxylic acids is 1. The quantitative estimate of drug-likeness (QED) is 0.881.